The molecule has 1 heterocycles. The fourth-order valence-corrected chi connectivity index (χ4v) is 4.26. The lowest BCUT2D eigenvalue weighted by atomic mass is 9.87. The monoisotopic (exact) mass is 474 g/mol. The molecule has 2 N–H and O–H groups in total. The smallest absolute Gasteiger partial charge is 0.262 e. The number of anilines is 1. The van der Waals surface area contributed by atoms with Gasteiger partial charge in [-0.1, -0.05) is 36.4 Å². The first-order valence-corrected chi connectivity index (χ1v) is 11.7. The van der Waals surface area contributed by atoms with Crippen molar-refractivity contribution >= 4 is 17.5 Å². The third kappa shape index (κ3) is 6.39. The van der Waals surface area contributed by atoms with Gasteiger partial charge in [0.05, 0.1) is 13.2 Å². The SMILES string of the molecule is COc1cccc(NC(=O)COc2ccc(C(=O)N3CCC(C(O)c4ccccc4)CC3)cc2)c1. The molecular weight excluding hydrogens is 444 g/mol. The third-order valence-corrected chi connectivity index (χ3v) is 6.24. The van der Waals surface area contributed by atoms with Gasteiger partial charge in [0.25, 0.3) is 11.8 Å². The Morgan fingerprint density at radius 1 is 0.971 bits per heavy atom. The molecule has 1 atom stereocenters. The molecule has 0 radical (unpaired) electrons. The van der Waals surface area contributed by atoms with Gasteiger partial charge in [0.2, 0.25) is 0 Å². The molecule has 1 fully saturated rings. The summed E-state index contributed by atoms with van der Waals surface area (Å²) in [5, 5.41) is 13.4. The summed E-state index contributed by atoms with van der Waals surface area (Å²) in [5.74, 6) is 0.965. The van der Waals surface area contributed by atoms with Gasteiger partial charge >= 0.3 is 0 Å². The topological polar surface area (TPSA) is 88.1 Å². The van der Waals surface area contributed by atoms with Crippen molar-refractivity contribution in [1.29, 1.82) is 0 Å². The van der Waals surface area contributed by atoms with Crippen LogP contribution in [-0.2, 0) is 4.79 Å². The van der Waals surface area contributed by atoms with Crippen molar-refractivity contribution in [2.75, 3.05) is 32.1 Å². The largest absolute Gasteiger partial charge is 0.497 e. The number of aliphatic hydroxyl groups excluding tert-OH is 1. The number of ether oxygens (including phenoxy) is 2. The molecule has 35 heavy (non-hydrogen) atoms. The first-order valence-electron chi connectivity index (χ1n) is 11.7. The zero-order valence-corrected chi connectivity index (χ0v) is 19.7. The summed E-state index contributed by atoms with van der Waals surface area (Å²) in [7, 11) is 1.57. The van der Waals surface area contributed by atoms with Gasteiger partial charge in [-0.3, -0.25) is 9.59 Å². The van der Waals surface area contributed by atoms with Crippen molar-refractivity contribution in [3.05, 3.63) is 90.0 Å². The molecule has 3 aromatic carbocycles. The third-order valence-electron chi connectivity index (χ3n) is 6.24. The van der Waals surface area contributed by atoms with E-state index in [1.165, 1.54) is 0 Å². The van der Waals surface area contributed by atoms with Crippen molar-refractivity contribution < 1.29 is 24.2 Å². The molecule has 0 aliphatic carbocycles. The first-order chi connectivity index (χ1) is 17.0. The van der Waals surface area contributed by atoms with Crippen molar-refractivity contribution in [2.45, 2.75) is 18.9 Å². The Balaban J connectivity index is 1.24. The number of carbonyl (C=O) groups is 2. The summed E-state index contributed by atoms with van der Waals surface area (Å²) < 4.78 is 10.7. The van der Waals surface area contributed by atoms with E-state index in [-0.39, 0.29) is 24.3 Å². The highest BCUT2D eigenvalue weighted by molar-refractivity contribution is 5.94. The van der Waals surface area contributed by atoms with Crippen molar-refractivity contribution in [3.63, 3.8) is 0 Å². The fourth-order valence-electron chi connectivity index (χ4n) is 4.26. The van der Waals surface area contributed by atoms with E-state index in [0.717, 1.165) is 18.4 Å². The first kappa shape index (κ1) is 24.3. The van der Waals surface area contributed by atoms with E-state index >= 15 is 0 Å². The minimum atomic E-state index is -0.508. The maximum atomic E-state index is 12.9. The normalized spacial score (nSPS) is 14.7. The second kappa shape index (κ2) is 11.5. The summed E-state index contributed by atoms with van der Waals surface area (Å²) in [6, 6.07) is 23.6. The highest BCUT2D eigenvalue weighted by Crippen LogP contribution is 2.31. The minimum Gasteiger partial charge on any atom is -0.497 e. The van der Waals surface area contributed by atoms with Gasteiger partial charge in [0, 0.05) is 30.4 Å². The van der Waals surface area contributed by atoms with E-state index in [1.54, 1.807) is 55.6 Å². The Morgan fingerprint density at radius 2 is 1.69 bits per heavy atom. The van der Waals surface area contributed by atoms with Crippen molar-refractivity contribution in [1.82, 2.24) is 4.90 Å². The lowest BCUT2D eigenvalue weighted by Crippen LogP contribution is -2.39. The number of carbonyl (C=O) groups excluding carboxylic acids is 2. The van der Waals surface area contributed by atoms with Crippen LogP contribution in [0, 0.1) is 5.92 Å². The molecule has 182 valence electrons. The average molecular weight is 475 g/mol. The number of nitrogens with zero attached hydrogens (tertiary/aromatic N) is 1. The number of rotatable bonds is 8. The molecule has 0 bridgehead atoms. The van der Waals surface area contributed by atoms with E-state index < -0.39 is 6.10 Å². The number of nitrogens with one attached hydrogen (secondary N) is 1. The van der Waals surface area contributed by atoms with Gasteiger partial charge in [-0.05, 0) is 60.7 Å². The molecule has 1 unspecified atom stereocenters. The fraction of sp³-hybridized carbons (Fsp3) is 0.286. The van der Waals surface area contributed by atoms with Crippen LogP contribution in [0.3, 0.4) is 0 Å². The number of hydrogen-bond donors (Lipinski definition) is 2. The number of aliphatic hydroxyl groups is 1. The molecule has 0 saturated carbocycles. The molecule has 1 aliphatic rings. The van der Waals surface area contributed by atoms with Crippen LogP contribution in [0.1, 0.15) is 34.9 Å². The lowest BCUT2D eigenvalue weighted by molar-refractivity contribution is -0.118. The second-order valence-corrected chi connectivity index (χ2v) is 8.58. The quantitative estimate of drug-likeness (QED) is 0.508. The van der Waals surface area contributed by atoms with E-state index in [2.05, 4.69) is 5.32 Å². The highest BCUT2D eigenvalue weighted by Gasteiger charge is 2.28. The van der Waals surface area contributed by atoms with Gasteiger partial charge in [0.1, 0.15) is 11.5 Å². The number of likely N-dealkylation sites (tertiary alicyclic amines) is 1. The standard InChI is InChI=1S/C28H30N2O5/c1-34-25-9-5-8-23(18-25)29-26(31)19-35-24-12-10-22(11-13-24)28(33)30-16-14-21(15-17-30)27(32)20-6-3-2-4-7-20/h2-13,18,21,27,32H,14-17,19H2,1H3,(H,29,31). The van der Waals surface area contributed by atoms with Crippen LogP contribution in [0.15, 0.2) is 78.9 Å². The van der Waals surface area contributed by atoms with Crippen LogP contribution in [0.25, 0.3) is 0 Å². The lowest BCUT2D eigenvalue weighted by Gasteiger charge is -2.34. The maximum Gasteiger partial charge on any atom is 0.262 e. The van der Waals surface area contributed by atoms with E-state index in [1.807, 2.05) is 35.2 Å². The summed E-state index contributed by atoms with van der Waals surface area (Å²) >= 11 is 0. The van der Waals surface area contributed by atoms with Gasteiger partial charge in [-0.25, -0.2) is 0 Å². The number of piperidine rings is 1. The summed E-state index contributed by atoms with van der Waals surface area (Å²) in [5.41, 5.74) is 2.12. The van der Waals surface area contributed by atoms with Crippen molar-refractivity contribution in [3.8, 4) is 11.5 Å². The highest BCUT2D eigenvalue weighted by atomic mass is 16.5. The predicted molar refractivity (Wildman–Crippen MR) is 134 cm³/mol. The molecular formula is C28H30N2O5. The number of methoxy groups -OCH3 is 1. The van der Waals surface area contributed by atoms with Crippen LogP contribution in [-0.4, -0.2) is 48.6 Å². The Morgan fingerprint density at radius 3 is 2.37 bits per heavy atom. The zero-order valence-electron chi connectivity index (χ0n) is 19.7. The summed E-state index contributed by atoms with van der Waals surface area (Å²) in [6.45, 7) is 1.06. The van der Waals surface area contributed by atoms with E-state index in [4.69, 9.17) is 9.47 Å². The average Bonchev–Trinajstić information content (AvgIpc) is 2.92. The summed E-state index contributed by atoms with van der Waals surface area (Å²) in [4.78, 5) is 26.9. The van der Waals surface area contributed by atoms with Gasteiger partial charge in [-0.15, -0.1) is 0 Å². The van der Waals surface area contributed by atoms with Crippen LogP contribution in [0.2, 0.25) is 0 Å². The Kier molecular flexibility index (Phi) is 8.00. The molecule has 1 aliphatic heterocycles. The van der Waals surface area contributed by atoms with Crippen LogP contribution < -0.4 is 14.8 Å². The Labute approximate surface area is 205 Å². The molecule has 2 amide bonds. The number of amides is 2. The molecule has 7 nitrogen and oxygen atoms in total. The van der Waals surface area contributed by atoms with Gasteiger partial charge in [0.15, 0.2) is 6.61 Å². The van der Waals surface area contributed by atoms with Crippen LogP contribution in [0.5, 0.6) is 11.5 Å². The Bertz CT molecular complexity index is 1130. The number of benzene rings is 3. The molecule has 3 aromatic rings. The van der Waals surface area contributed by atoms with Crippen LogP contribution in [0.4, 0.5) is 5.69 Å². The number of hydrogen-bond acceptors (Lipinski definition) is 5. The van der Waals surface area contributed by atoms with E-state index in [9.17, 15) is 14.7 Å². The van der Waals surface area contributed by atoms with Crippen LogP contribution >= 0.6 is 0 Å². The Hall–Kier alpha value is -3.84. The summed E-state index contributed by atoms with van der Waals surface area (Å²) in [6.07, 6.45) is 1.00. The van der Waals surface area contributed by atoms with Gasteiger partial charge < -0.3 is 24.8 Å². The van der Waals surface area contributed by atoms with E-state index in [0.29, 0.717) is 35.8 Å². The molecule has 7 heteroatoms. The molecule has 1 saturated heterocycles. The van der Waals surface area contributed by atoms with Gasteiger partial charge in [-0.2, -0.15) is 0 Å². The molecule has 0 aromatic heterocycles. The zero-order chi connectivity index (χ0) is 24.6. The molecule has 0 spiro atoms. The molecule has 4 rings (SSSR count). The second-order valence-electron chi connectivity index (χ2n) is 8.58. The predicted octanol–water partition coefficient (Wildman–Crippen LogP) is 4.30. The maximum absolute atomic E-state index is 12.9. The van der Waals surface area contributed by atoms with Crippen molar-refractivity contribution in [2.24, 2.45) is 5.92 Å². The minimum absolute atomic E-state index is 0.0417.